The summed E-state index contributed by atoms with van der Waals surface area (Å²) in [5, 5.41) is 12.8. The smallest absolute Gasteiger partial charge is 0.182 e. The first-order valence-corrected chi connectivity index (χ1v) is 40.7. The Labute approximate surface area is 710 Å². The number of hydrogen-bond donors (Lipinski definition) is 0. The second kappa shape index (κ2) is 31.9. The van der Waals surface area contributed by atoms with Crippen molar-refractivity contribution in [3.63, 3.8) is 0 Å². The van der Waals surface area contributed by atoms with E-state index in [9.17, 15) is 0 Å². The van der Waals surface area contributed by atoms with E-state index < -0.39 is 0 Å². The number of aromatic nitrogens is 16. The molecule has 0 amide bonds. The predicted molar refractivity (Wildman–Crippen MR) is 499 cm³/mol. The maximum absolute atomic E-state index is 5.17. The molecule has 0 fully saturated rings. The van der Waals surface area contributed by atoms with E-state index in [1.165, 1.54) is 16.3 Å². The van der Waals surface area contributed by atoms with Crippen LogP contribution in [0.1, 0.15) is 0 Å². The van der Waals surface area contributed by atoms with Crippen LogP contribution >= 0.6 is 0 Å². The summed E-state index contributed by atoms with van der Waals surface area (Å²) in [6, 6.07) is 124. The average Bonchev–Trinajstić information content (AvgIpc) is 0.746. The second-order valence-corrected chi connectivity index (χ2v) is 30.1. The molecule has 0 spiro atoms. The summed E-state index contributed by atoms with van der Waals surface area (Å²) in [6.45, 7) is 0. The van der Waals surface area contributed by atoms with Gasteiger partial charge < -0.3 is 0 Å². The van der Waals surface area contributed by atoms with E-state index in [0.29, 0.717) is 52.2 Å². The molecule has 578 valence electrons. The van der Waals surface area contributed by atoms with Crippen molar-refractivity contribution in [3.05, 3.63) is 401 Å². The third-order valence-corrected chi connectivity index (χ3v) is 22.4. The van der Waals surface area contributed by atoms with Gasteiger partial charge in [-0.25, -0.2) is 49.8 Å². The Morgan fingerprint density at radius 3 is 0.806 bits per heavy atom. The second-order valence-electron chi connectivity index (χ2n) is 30.1. The van der Waals surface area contributed by atoms with Gasteiger partial charge in [0.1, 0.15) is 11.4 Å². The molecule has 0 saturated carbocycles. The minimum Gasteiger partial charge on any atom is -0.254 e. The summed E-state index contributed by atoms with van der Waals surface area (Å²) in [6.07, 6.45) is 10.9. The van der Waals surface area contributed by atoms with Gasteiger partial charge in [0.25, 0.3) is 0 Å². The number of benzene rings is 13. The first-order chi connectivity index (χ1) is 61.4. The molecule has 24 aromatic rings. The molecule has 0 unspecified atom stereocenters. The normalized spacial score (nSPS) is 11.4. The maximum atomic E-state index is 5.17. The van der Waals surface area contributed by atoms with Crippen LogP contribution < -0.4 is 0 Å². The van der Waals surface area contributed by atoms with Gasteiger partial charge >= 0.3 is 0 Å². The summed E-state index contributed by atoms with van der Waals surface area (Å²) in [5.41, 5.74) is 20.9. The van der Waals surface area contributed by atoms with Crippen molar-refractivity contribution in [2.45, 2.75) is 0 Å². The Kier molecular flexibility index (Phi) is 18.8. The van der Waals surface area contributed by atoms with Gasteiger partial charge in [0.05, 0.1) is 55.5 Å². The van der Waals surface area contributed by atoms with E-state index in [4.69, 9.17) is 59.8 Å². The van der Waals surface area contributed by atoms with Crippen LogP contribution in [-0.4, -0.2) is 79.7 Å². The molecule has 11 heterocycles. The molecule has 0 aliphatic rings. The zero-order valence-corrected chi connectivity index (χ0v) is 66.3. The van der Waals surface area contributed by atoms with Gasteiger partial charge in [0.2, 0.25) is 0 Å². The Morgan fingerprint density at radius 2 is 0.395 bits per heavy atom. The highest BCUT2D eigenvalue weighted by Crippen LogP contribution is 2.39. The highest BCUT2D eigenvalue weighted by atomic mass is 15.1. The molecular formula is C108H66N16. The van der Waals surface area contributed by atoms with Crippen molar-refractivity contribution < 1.29 is 0 Å². The predicted octanol–water partition coefficient (Wildman–Crippen LogP) is 25.2. The van der Waals surface area contributed by atoms with Gasteiger partial charge in [0, 0.05) is 119 Å². The van der Waals surface area contributed by atoms with Crippen LogP contribution in [0.15, 0.2) is 401 Å². The summed E-state index contributed by atoms with van der Waals surface area (Å²) in [7, 11) is 0. The number of nitrogens with zero attached hydrogens (tertiary/aromatic N) is 16. The summed E-state index contributed by atoms with van der Waals surface area (Å²) in [4.78, 5) is 77.8. The first kappa shape index (κ1) is 73.2. The SMILES string of the molecule is c1ccc(-c2ccc(-c3nc(-c4ccc5ccccc5c4)nc(-c4ccc5ccccc5c4)n3)cc2)cc1.c1ccc(-c2ccc(-c3nc(-c4ccnc5c4ccc4cccnc45)cc(-c4ccnc5c4ccc4cccnc45)n3)cc2)cc1.c1ccc(-c2nc(-c3ccc4ccc5cccnc5c4n3)nc(-c3ccc4ccc5cccnc5c4n3)n2)cc1. The lowest BCUT2D eigenvalue weighted by Crippen LogP contribution is -2.02. The number of rotatable bonds is 11. The molecule has 0 atom stereocenters. The van der Waals surface area contributed by atoms with Crippen LogP contribution in [0.2, 0.25) is 0 Å². The van der Waals surface area contributed by atoms with E-state index >= 15 is 0 Å². The van der Waals surface area contributed by atoms with Crippen LogP contribution in [0.5, 0.6) is 0 Å². The van der Waals surface area contributed by atoms with Gasteiger partial charge in [-0.1, -0.05) is 297 Å². The standard InChI is InChI=1S/C40H24N6.C35H23N3.C33H19N7/c1-2-6-25(7-3-1)26-10-12-29(13-11-26)40-45-34(30-18-22-43-38-32(30)16-14-27-8-4-20-41-36(27)38)24-35(46-40)31-19-23-44-39-33(31)17-15-28-9-5-21-42-37(28)39;1-2-8-24(9-3-1)27-14-18-28(19-15-27)33-36-34(31-20-16-25-10-4-6-12-29(25)22-31)38-35(37-33)32-21-17-26-11-5-7-13-30(26)23-32;1-2-6-24(7-3-1)31-38-32(25-16-14-22-12-10-20-8-4-18-34-27(20)29(22)36-25)40-33(39-31)26-17-15-23-13-11-21-9-5-19-35-28(21)30(23)37-26/h1-24H;1-23H;1-19H. The lowest BCUT2D eigenvalue weighted by Gasteiger charge is -2.13. The van der Waals surface area contributed by atoms with Gasteiger partial charge in [0.15, 0.2) is 40.8 Å². The average molecular weight is 1590 g/mol. The summed E-state index contributed by atoms with van der Waals surface area (Å²) >= 11 is 0. The van der Waals surface area contributed by atoms with Crippen molar-refractivity contribution >= 4 is 109 Å². The Balaban J connectivity index is 0.000000111. The molecule has 0 bridgehead atoms. The van der Waals surface area contributed by atoms with Gasteiger partial charge in [-0.15, -0.1) is 0 Å². The van der Waals surface area contributed by atoms with E-state index in [-0.39, 0.29) is 0 Å². The molecule has 13 aromatic carbocycles. The van der Waals surface area contributed by atoms with Crippen LogP contribution in [0, 0.1) is 0 Å². The van der Waals surface area contributed by atoms with Gasteiger partial charge in [-0.3, -0.25) is 29.9 Å². The molecule has 0 aliphatic heterocycles. The molecule has 0 radical (unpaired) electrons. The number of pyridine rings is 8. The lowest BCUT2D eigenvalue weighted by molar-refractivity contribution is 1.05. The quantitative estimate of drug-likeness (QED) is 0.110. The number of hydrogen-bond acceptors (Lipinski definition) is 16. The molecule has 16 heteroatoms. The molecule has 0 N–H and O–H groups in total. The fourth-order valence-electron chi connectivity index (χ4n) is 16.1. The Morgan fingerprint density at radius 1 is 0.129 bits per heavy atom. The summed E-state index contributed by atoms with van der Waals surface area (Å²) < 4.78 is 0. The van der Waals surface area contributed by atoms with Crippen LogP contribution in [0.4, 0.5) is 0 Å². The number of fused-ring (bicyclic) bond motifs is 14. The minimum atomic E-state index is 0.469. The molecule has 24 rings (SSSR count). The third-order valence-electron chi connectivity index (χ3n) is 22.4. The molecule has 124 heavy (non-hydrogen) atoms. The van der Waals surface area contributed by atoms with E-state index in [1.54, 1.807) is 12.4 Å². The van der Waals surface area contributed by atoms with Crippen molar-refractivity contribution in [2.75, 3.05) is 0 Å². The van der Waals surface area contributed by atoms with E-state index in [0.717, 1.165) is 165 Å². The zero-order valence-electron chi connectivity index (χ0n) is 66.3. The van der Waals surface area contributed by atoms with Gasteiger partial charge in [-0.05, 0) is 111 Å². The third kappa shape index (κ3) is 14.3. The molecule has 0 aliphatic carbocycles. The van der Waals surface area contributed by atoms with E-state index in [1.807, 2.05) is 140 Å². The Bertz CT molecular complexity index is 7880. The largest absolute Gasteiger partial charge is 0.254 e. The van der Waals surface area contributed by atoms with Crippen molar-refractivity contribution in [1.82, 2.24) is 79.7 Å². The minimum absolute atomic E-state index is 0.469. The molecule has 0 saturated heterocycles. The fraction of sp³-hybridized carbons (Fsp3) is 0. The lowest BCUT2D eigenvalue weighted by atomic mass is 9.99. The van der Waals surface area contributed by atoms with E-state index in [2.05, 4.69) is 269 Å². The maximum Gasteiger partial charge on any atom is 0.182 e. The van der Waals surface area contributed by atoms with Crippen LogP contribution in [0.3, 0.4) is 0 Å². The van der Waals surface area contributed by atoms with Crippen LogP contribution in [-0.2, 0) is 0 Å². The zero-order chi connectivity index (χ0) is 82.2. The topological polar surface area (TPSA) is 206 Å². The van der Waals surface area contributed by atoms with Crippen molar-refractivity contribution in [1.29, 1.82) is 0 Å². The highest BCUT2D eigenvalue weighted by Gasteiger charge is 2.22. The van der Waals surface area contributed by atoms with Crippen molar-refractivity contribution in [2.24, 2.45) is 0 Å². The first-order valence-electron chi connectivity index (χ1n) is 40.7. The fourth-order valence-corrected chi connectivity index (χ4v) is 16.1. The highest BCUT2D eigenvalue weighted by molar-refractivity contribution is 6.11. The molecular weight excluding hydrogens is 1520 g/mol. The van der Waals surface area contributed by atoms with Gasteiger partial charge in [-0.2, -0.15) is 0 Å². The summed E-state index contributed by atoms with van der Waals surface area (Å²) in [5.74, 6) is 4.11. The Hall–Kier alpha value is -17.2. The monoisotopic (exact) mass is 1590 g/mol. The molecule has 16 nitrogen and oxygen atoms in total. The van der Waals surface area contributed by atoms with Crippen LogP contribution in [0.25, 0.3) is 234 Å². The molecule has 11 aromatic heterocycles. The van der Waals surface area contributed by atoms with Crippen molar-refractivity contribution in [3.8, 4) is 125 Å².